The number of halogens is 4. The first kappa shape index (κ1) is 15.9. The Morgan fingerprint density at radius 2 is 1.80 bits per heavy atom. The van der Waals surface area contributed by atoms with Gasteiger partial charge in [0.1, 0.15) is 17.2 Å². The molecule has 1 aliphatic rings. The fourth-order valence-corrected chi connectivity index (χ4v) is 3.43. The van der Waals surface area contributed by atoms with Crippen LogP contribution in [0.5, 0.6) is 0 Å². The third-order valence-electron chi connectivity index (χ3n) is 3.57. The number of alkyl halides is 1. The second-order valence-corrected chi connectivity index (χ2v) is 6.58. The summed E-state index contributed by atoms with van der Waals surface area (Å²) in [5.74, 6) is -2.20. The highest BCUT2D eigenvalue weighted by Gasteiger charge is 2.30. The Morgan fingerprint density at radius 1 is 1.25 bits per heavy atom. The Balaban J connectivity index is 2.31. The fraction of sp³-hybridized carbons (Fsp3) is 0.500. The Morgan fingerprint density at radius 3 is 2.30 bits per heavy atom. The van der Waals surface area contributed by atoms with Gasteiger partial charge in [0.2, 0.25) is 0 Å². The maximum atomic E-state index is 13.9. The first-order valence-corrected chi connectivity index (χ1v) is 8.47. The molecular weight excluding hydrogens is 396 g/mol. The lowest BCUT2D eigenvalue weighted by Gasteiger charge is -2.28. The molecule has 0 radical (unpaired) electrons. The third kappa shape index (κ3) is 3.39. The zero-order valence-electron chi connectivity index (χ0n) is 10.8. The van der Waals surface area contributed by atoms with Gasteiger partial charge in [-0.2, -0.15) is 0 Å². The largest absolute Gasteiger partial charge is 0.335 e. The number of hydrogen-bond donors (Lipinski definition) is 0. The first-order valence-electron chi connectivity index (χ1n) is 6.56. The molecule has 1 aliphatic carbocycles. The van der Waals surface area contributed by atoms with Gasteiger partial charge in [-0.3, -0.25) is 4.79 Å². The van der Waals surface area contributed by atoms with Crippen LogP contribution in [0.25, 0.3) is 0 Å². The van der Waals surface area contributed by atoms with E-state index in [1.165, 1.54) is 0 Å². The monoisotopic (exact) mass is 409 g/mol. The highest BCUT2D eigenvalue weighted by molar-refractivity contribution is 9.10. The Labute approximate surface area is 133 Å². The summed E-state index contributed by atoms with van der Waals surface area (Å²) in [6.07, 6.45) is 3.92. The Kier molecular flexibility index (Phi) is 5.55. The second kappa shape index (κ2) is 6.98. The predicted octanol–water partition coefficient (Wildman–Crippen LogP) is 4.51. The van der Waals surface area contributed by atoms with E-state index in [2.05, 4.69) is 31.9 Å². The average Bonchev–Trinajstić information content (AvgIpc) is 2.87. The van der Waals surface area contributed by atoms with Gasteiger partial charge in [0.05, 0.1) is 0 Å². The lowest BCUT2D eigenvalue weighted by molar-refractivity contribution is 0.0686. The third-order valence-corrected chi connectivity index (χ3v) is 4.38. The normalized spacial score (nSPS) is 15.6. The molecule has 1 aromatic rings. The minimum Gasteiger partial charge on any atom is -0.335 e. The van der Waals surface area contributed by atoms with E-state index in [0.717, 1.165) is 37.8 Å². The fourth-order valence-electron chi connectivity index (χ4n) is 2.65. The van der Waals surface area contributed by atoms with Crippen LogP contribution in [0, 0.1) is 11.6 Å². The summed E-state index contributed by atoms with van der Waals surface area (Å²) in [4.78, 5) is 14.1. The number of amides is 1. The molecule has 0 bridgehead atoms. The summed E-state index contributed by atoms with van der Waals surface area (Å²) in [6.45, 7) is 0.457. The van der Waals surface area contributed by atoms with Crippen LogP contribution in [0.2, 0.25) is 0 Å². The van der Waals surface area contributed by atoms with Crippen LogP contribution in [0.4, 0.5) is 8.78 Å². The summed E-state index contributed by atoms with van der Waals surface area (Å²) in [7, 11) is 0. The van der Waals surface area contributed by atoms with Gasteiger partial charge in [-0.15, -0.1) is 0 Å². The zero-order chi connectivity index (χ0) is 14.7. The van der Waals surface area contributed by atoms with Crippen molar-refractivity contribution in [1.82, 2.24) is 4.90 Å². The summed E-state index contributed by atoms with van der Waals surface area (Å²) >= 11 is 6.32. The number of nitrogens with zero attached hydrogens (tertiary/aromatic N) is 1. The molecule has 0 atom stereocenters. The first-order chi connectivity index (χ1) is 9.54. The van der Waals surface area contributed by atoms with Crippen molar-refractivity contribution in [3.8, 4) is 0 Å². The van der Waals surface area contributed by atoms with E-state index < -0.39 is 23.1 Å². The van der Waals surface area contributed by atoms with Crippen molar-refractivity contribution >= 4 is 37.8 Å². The van der Waals surface area contributed by atoms with E-state index in [1.807, 2.05) is 0 Å². The highest BCUT2D eigenvalue weighted by Crippen LogP contribution is 2.27. The summed E-state index contributed by atoms with van der Waals surface area (Å²) in [6, 6.07) is 2.33. The Bertz CT molecular complexity index is 481. The van der Waals surface area contributed by atoms with Crippen LogP contribution in [-0.2, 0) is 0 Å². The lowest BCUT2D eigenvalue weighted by atomic mass is 10.1. The van der Waals surface area contributed by atoms with Crippen LogP contribution in [0.15, 0.2) is 16.6 Å². The second-order valence-electron chi connectivity index (χ2n) is 4.87. The number of benzene rings is 1. The SMILES string of the molecule is O=C(c1c(F)cc(Br)cc1F)N(CCBr)C1CCCC1. The maximum absolute atomic E-state index is 13.9. The summed E-state index contributed by atoms with van der Waals surface area (Å²) in [5.41, 5.74) is -0.457. The van der Waals surface area contributed by atoms with Crippen molar-refractivity contribution in [3.05, 3.63) is 33.8 Å². The predicted molar refractivity (Wildman–Crippen MR) is 81.1 cm³/mol. The molecule has 0 N–H and O–H groups in total. The lowest BCUT2D eigenvalue weighted by Crippen LogP contribution is -2.41. The molecule has 110 valence electrons. The van der Waals surface area contributed by atoms with Crippen LogP contribution in [-0.4, -0.2) is 28.7 Å². The van der Waals surface area contributed by atoms with E-state index >= 15 is 0 Å². The minimum absolute atomic E-state index is 0.0856. The van der Waals surface area contributed by atoms with Crippen molar-refractivity contribution in [3.63, 3.8) is 0 Å². The van der Waals surface area contributed by atoms with Crippen molar-refractivity contribution in [1.29, 1.82) is 0 Å². The molecule has 0 aliphatic heterocycles. The minimum atomic E-state index is -0.820. The highest BCUT2D eigenvalue weighted by atomic mass is 79.9. The molecule has 1 fully saturated rings. The average molecular weight is 411 g/mol. The van der Waals surface area contributed by atoms with E-state index in [9.17, 15) is 13.6 Å². The standard InChI is InChI=1S/C14H15Br2F2NO/c15-5-6-19(10-3-1-2-4-10)14(20)13-11(17)7-9(16)8-12(13)18/h7-8,10H,1-6H2. The van der Waals surface area contributed by atoms with Crippen molar-refractivity contribution < 1.29 is 13.6 Å². The molecule has 1 amide bonds. The van der Waals surface area contributed by atoms with Gasteiger partial charge in [0.15, 0.2) is 0 Å². The van der Waals surface area contributed by atoms with Gasteiger partial charge in [0.25, 0.3) is 5.91 Å². The van der Waals surface area contributed by atoms with Gasteiger partial charge < -0.3 is 4.90 Å². The molecule has 1 saturated carbocycles. The zero-order valence-corrected chi connectivity index (χ0v) is 14.0. The number of hydrogen-bond acceptors (Lipinski definition) is 1. The van der Waals surface area contributed by atoms with Gasteiger partial charge in [0, 0.05) is 22.4 Å². The Hall–Kier alpha value is -0.490. The number of carbonyl (C=O) groups is 1. The number of carbonyl (C=O) groups excluding carboxylic acids is 1. The summed E-state index contributed by atoms with van der Waals surface area (Å²) in [5, 5.41) is 0.592. The van der Waals surface area contributed by atoms with Gasteiger partial charge in [-0.05, 0) is 25.0 Å². The van der Waals surface area contributed by atoms with Crippen LogP contribution < -0.4 is 0 Å². The van der Waals surface area contributed by atoms with E-state index in [0.29, 0.717) is 11.9 Å². The van der Waals surface area contributed by atoms with E-state index in [4.69, 9.17) is 0 Å². The molecule has 1 aromatic carbocycles. The molecule has 6 heteroatoms. The van der Waals surface area contributed by atoms with Crippen molar-refractivity contribution in [2.45, 2.75) is 31.7 Å². The van der Waals surface area contributed by atoms with Crippen molar-refractivity contribution in [2.24, 2.45) is 0 Å². The van der Waals surface area contributed by atoms with Gasteiger partial charge in [-0.25, -0.2) is 8.78 Å². The van der Waals surface area contributed by atoms with Gasteiger partial charge >= 0.3 is 0 Å². The molecule has 0 unspecified atom stereocenters. The quantitative estimate of drug-likeness (QED) is 0.669. The molecule has 0 heterocycles. The van der Waals surface area contributed by atoms with Crippen LogP contribution in [0.1, 0.15) is 36.0 Å². The molecule has 0 spiro atoms. The molecular formula is C14H15Br2F2NO. The van der Waals surface area contributed by atoms with Crippen LogP contribution in [0.3, 0.4) is 0 Å². The molecule has 20 heavy (non-hydrogen) atoms. The molecule has 2 rings (SSSR count). The smallest absolute Gasteiger partial charge is 0.260 e. The van der Waals surface area contributed by atoms with E-state index in [1.54, 1.807) is 4.90 Å². The topological polar surface area (TPSA) is 20.3 Å². The summed E-state index contributed by atoms with van der Waals surface area (Å²) < 4.78 is 28.1. The van der Waals surface area contributed by atoms with Crippen LogP contribution >= 0.6 is 31.9 Å². The van der Waals surface area contributed by atoms with E-state index in [-0.39, 0.29) is 10.5 Å². The number of rotatable bonds is 4. The molecule has 0 saturated heterocycles. The molecule has 0 aromatic heterocycles. The molecule has 2 nitrogen and oxygen atoms in total. The maximum Gasteiger partial charge on any atom is 0.260 e. The van der Waals surface area contributed by atoms with Crippen molar-refractivity contribution in [2.75, 3.05) is 11.9 Å². The van der Waals surface area contributed by atoms with Gasteiger partial charge in [-0.1, -0.05) is 44.7 Å².